The predicted molar refractivity (Wildman–Crippen MR) is 140 cm³/mol. The maximum Gasteiger partial charge on any atom is 0.269 e. The van der Waals surface area contributed by atoms with E-state index in [2.05, 4.69) is 16.1 Å². The molecule has 0 saturated heterocycles. The van der Waals surface area contributed by atoms with E-state index in [1.165, 1.54) is 3.97 Å². The maximum absolute atomic E-state index is 13.8. The minimum atomic E-state index is -3.85. The van der Waals surface area contributed by atoms with Crippen LogP contribution in [0.1, 0.15) is 42.7 Å². The average Bonchev–Trinajstić information content (AvgIpc) is 3.49. The smallest absolute Gasteiger partial charge is 0.269 e. The van der Waals surface area contributed by atoms with E-state index in [-0.39, 0.29) is 16.9 Å². The van der Waals surface area contributed by atoms with Gasteiger partial charge in [-0.15, -0.1) is 0 Å². The number of benzene rings is 2. The zero-order valence-electron chi connectivity index (χ0n) is 20.3. The minimum absolute atomic E-state index is 0.153. The second-order valence-corrected chi connectivity index (χ2v) is 11.7. The average molecular weight is 501 g/mol. The lowest BCUT2D eigenvalue weighted by atomic mass is 9.82. The molecular weight excluding hydrogens is 472 g/mol. The van der Waals surface area contributed by atoms with Crippen molar-refractivity contribution in [2.45, 2.75) is 49.5 Å². The van der Waals surface area contributed by atoms with E-state index in [1.54, 1.807) is 29.2 Å². The molecule has 0 aliphatic heterocycles. The number of pyridine rings is 1. The van der Waals surface area contributed by atoms with Crippen molar-refractivity contribution in [1.82, 2.24) is 18.7 Å². The third-order valence-electron chi connectivity index (χ3n) is 7.38. The first-order chi connectivity index (χ1) is 17.3. The molecule has 3 aromatic heterocycles. The number of hydrogen-bond acceptors (Lipinski definition) is 5. The molecule has 36 heavy (non-hydrogen) atoms. The number of aliphatic hydroxyl groups is 1. The van der Waals surface area contributed by atoms with Crippen LogP contribution < -0.4 is 0 Å². The first-order valence-electron chi connectivity index (χ1n) is 12.2. The van der Waals surface area contributed by atoms with Crippen LogP contribution >= 0.6 is 0 Å². The lowest BCUT2D eigenvalue weighted by Gasteiger charge is -2.25. The molecule has 0 amide bonds. The van der Waals surface area contributed by atoms with Crippen LogP contribution in [0.15, 0.2) is 72.1 Å². The van der Waals surface area contributed by atoms with Crippen molar-refractivity contribution in [3.8, 4) is 11.1 Å². The molecule has 5 aromatic rings. The molecule has 1 aliphatic rings. The van der Waals surface area contributed by atoms with Gasteiger partial charge in [0.15, 0.2) is 5.65 Å². The number of aromatic nitrogens is 4. The summed E-state index contributed by atoms with van der Waals surface area (Å²) in [4.78, 5) is 4.91. The zero-order chi connectivity index (χ0) is 25.0. The van der Waals surface area contributed by atoms with E-state index in [9.17, 15) is 13.5 Å². The summed E-state index contributed by atoms with van der Waals surface area (Å²) >= 11 is 0. The molecule has 2 aromatic carbocycles. The highest BCUT2D eigenvalue weighted by Crippen LogP contribution is 2.41. The van der Waals surface area contributed by atoms with Gasteiger partial charge in [-0.2, -0.15) is 5.10 Å². The highest BCUT2D eigenvalue weighted by Gasteiger charge is 2.29. The van der Waals surface area contributed by atoms with E-state index < -0.39 is 10.0 Å². The molecule has 0 unspecified atom stereocenters. The third-order valence-corrected chi connectivity index (χ3v) is 9.04. The second kappa shape index (κ2) is 8.57. The van der Waals surface area contributed by atoms with Crippen molar-refractivity contribution in [3.63, 3.8) is 0 Å². The van der Waals surface area contributed by atoms with Crippen molar-refractivity contribution < 1.29 is 13.5 Å². The molecule has 1 N–H and O–H groups in total. The Bertz CT molecular complexity index is 1690. The molecule has 184 valence electrons. The molecule has 0 atom stereocenters. The van der Waals surface area contributed by atoms with E-state index in [0.29, 0.717) is 18.5 Å². The van der Waals surface area contributed by atoms with Gasteiger partial charge in [-0.1, -0.05) is 29.8 Å². The van der Waals surface area contributed by atoms with Gasteiger partial charge >= 0.3 is 0 Å². The highest BCUT2D eigenvalue weighted by molar-refractivity contribution is 7.90. The number of aryl methyl sites for hydroxylation is 2. The van der Waals surface area contributed by atoms with Crippen LogP contribution in [0.5, 0.6) is 0 Å². The topological polar surface area (TPSA) is 90.0 Å². The number of hydrogen-bond donors (Lipinski definition) is 1. The van der Waals surface area contributed by atoms with Gasteiger partial charge < -0.3 is 5.11 Å². The summed E-state index contributed by atoms with van der Waals surface area (Å²) in [6.45, 7) is 1.94. The number of nitrogens with zero attached hydrogens (tertiary/aromatic N) is 4. The van der Waals surface area contributed by atoms with Crippen LogP contribution in [0, 0.1) is 6.92 Å². The van der Waals surface area contributed by atoms with Gasteiger partial charge in [-0.3, -0.25) is 4.68 Å². The van der Waals surface area contributed by atoms with Crippen molar-refractivity contribution >= 4 is 31.8 Å². The molecule has 1 saturated carbocycles. The fourth-order valence-corrected chi connectivity index (χ4v) is 6.68. The van der Waals surface area contributed by atoms with Gasteiger partial charge in [0.1, 0.15) is 0 Å². The zero-order valence-corrected chi connectivity index (χ0v) is 21.1. The largest absolute Gasteiger partial charge is 0.393 e. The van der Waals surface area contributed by atoms with Crippen molar-refractivity contribution in [2.24, 2.45) is 7.05 Å². The molecular formula is C28H28N4O3S. The Morgan fingerprint density at radius 3 is 2.39 bits per heavy atom. The SMILES string of the molecule is Cc1ccc(S(=O)(=O)n2cc(C3CCC(O)CC3)c3c4cc(-c5cnn(C)c5)ccc4cnc32)cc1. The maximum atomic E-state index is 13.8. The summed E-state index contributed by atoms with van der Waals surface area (Å²) in [6.07, 6.45) is 10.1. The number of rotatable bonds is 4. The fraction of sp³-hybridized carbons (Fsp3) is 0.286. The summed E-state index contributed by atoms with van der Waals surface area (Å²) in [5.41, 5.74) is 4.43. The molecule has 1 fully saturated rings. The van der Waals surface area contributed by atoms with Gasteiger partial charge in [-0.05, 0) is 73.2 Å². The molecule has 0 radical (unpaired) electrons. The lowest BCUT2D eigenvalue weighted by molar-refractivity contribution is 0.123. The van der Waals surface area contributed by atoms with E-state index in [1.807, 2.05) is 50.6 Å². The standard InChI is InChI=1S/C28H28N4O3S/c1-18-3-11-24(12-4-18)36(34,35)32-17-26(19-7-9-23(33)10-8-19)27-25-13-20(22-15-30-31(2)16-22)5-6-21(25)14-29-28(27)32/h3-6,11-17,19,23,33H,7-10H2,1-2H3. The Morgan fingerprint density at radius 2 is 1.69 bits per heavy atom. The van der Waals surface area contributed by atoms with Gasteiger partial charge in [0.05, 0.1) is 17.2 Å². The van der Waals surface area contributed by atoms with Crippen molar-refractivity contribution in [2.75, 3.05) is 0 Å². The van der Waals surface area contributed by atoms with Crippen LogP contribution in [-0.4, -0.2) is 38.4 Å². The van der Waals surface area contributed by atoms with Gasteiger partial charge in [0.25, 0.3) is 10.0 Å². The van der Waals surface area contributed by atoms with E-state index in [0.717, 1.165) is 51.3 Å². The van der Waals surface area contributed by atoms with Gasteiger partial charge in [0, 0.05) is 42.0 Å². The summed E-state index contributed by atoms with van der Waals surface area (Å²) < 4.78 is 30.7. The summed E-state index contributed by atoms with van der Waals surface area (Å²) in [5, 5.41) is 17.2. The Morgan fingerprint density at radius 1 is 0.944 bits per heavy atom. The monoisotopic (exact) mass is 500 g/mol. The molecule has 7 nitrogen and oxygen atoms in total. The first kappa shape index (κ1) is 22.9. The molecule has 0 spiro atoms. The molecule has 1 aliphatic carbocycles. The molecule has 6 rings (SSSR count). The molecule has 0 bridgehead atoms. The fourth-order valence-electron chi connectivity index (χ4n) is 5.36. The quantitative estimate of drug-likeness (QED) is 0.368. The summed E-state index contributed by atoms with van der Waals surface area (Å²) in [6, 6.07) is 13.1. The highest BCUT2D eigenvalue weighted by atomic mass is 32.2. The van der Waals surface area contributed by atoms with Crippen LogP contribution in [-0.2, 0) is 17.1 Å². The normalized spacial score (nSPS) is 18.8. The number of aliphatic hydroxyl groups excluding tert-OH is 1. The minimum Gasteiger partial charge on any atom is -0.393 e. The van der Waals surface area contributed by atoms with Crippen LogP contribution in [0.25, 0.3) is 32.9 Å². The Labute approximate surface area is 210 Å². The van der Waals surface area contributed by atoms with Gasteiger partial charge in [-0.25, -0.2) is 17.4 Å². The van der Waals surface area contributed by atoms with E-state index >= 15 is 0 Å². The van der Waals surface area contributed by atoms with Crippen molar-refractivity contribution in [3.05, 3.63) is 78.4 Å². The predicted octanol–water partition coefficient (Wildman–Crippen LogP) is 5.15. The Hall–Kier alpha value is -3.49. The van der Waals surface area contributed by atoms with Crippen molar-refractivity contribution in [1.29, 1.82) is 0 Å². The second-order valence-electron chi connectivity index (χ2n) is 9.87. The van der Waals surface area contributed by atoms with Crippen LogP contribution in [0.2, 0.25) is 0 Å². The third kappa shape index (κ3) is 3.81. The molecule has 8 heteroatoms. The first-order valence-corrected chi connectivity index (χ1v) is 13.7. The van der Waals surface area contributed by atoms with Crippen LogP contribution in [0.3, 0.4) is 0 Å². The Balaban J connectivity index is 1.62. The lowest BCUT2D eigenvalue weighted by Crippen LogP contribution is -2.17. The Kier molecular flexibility index (Phi) is 5.46. The summed E-state index contributed by atoms with van der Waals surface area (Å²) in [7, 11) is -1.96. The molecule has 3 heterocycles. The van der Waals surface area contributed by atoms with E-state index in [4.69, 9.17) is 0 Å². The summed E-state index contributed by atoms with van der Waals surface area (Å²) in [5.74, 6) is 0.153. The van der Waals surface area contributed by atoms with Gasteiger partial charge in [0.2, 0.25) is 0 Å². The number of fused-ring (bicyclic) bond motifs is 3. The van der Waals surface area contributed by atoms with Crippen LogP contribution in [0.4, 0.5) is 0 Å².